The van der Waals surface area contributed by atoms with Crippen LogP contribution in [0.25, 0.3) is 22.4 Å². The van der Waals surface area contributed by atoms with Gasteiger partial charge in [0.2, 0.25) is 0 Å². The number of likely N-dealkylation sites (tertiary alicyclic amines) is 1. The molecular formula is C27H29BN4O4. The molecule has 2 aliphatic rings. The Labute approximate surface area is 211 Å². The van der Waals surface area contributed by atoms with Crippen LogP contribution in [0.5, 0.6) is 0 Å². The molecule has 184 valence electrons. The fourth-order valence-electron chi connectivity index (χ4n) is 4.79. The van der Waals surface area contributed by atoms with Crippen LogP contribution in [-0.2, 0) is 9.31 Å². The summed E-state index contributed by atoms with van der Waals surface area (Å²) < 4.78 is 12.3. The molecule has 3 aromatic rings. The van der Waals surface area contributed by atoms with Crippen molar-refractivity contribution in [3.63, 3.8) is 0 Å². The average molecular weight is 484 g/mol. The van der Waals surface area contributed by atoms with Gasteiger partial charge in [0.15, 0.2) is 0 Å². The van der Waals surface area contributed by atoms with Crippen molar-refractivity contribution in [2.24, 2.45) is 0 Å². The first-order chi connectivity index (χ1) is 17.1. The van der Waals surface area contributed by atoms with Gasteiger partial charge in [-0.3, -0.25) is 4.90 Å². The minimum atomic E-state index is -0.919. The number of aromatic nitrogens is 2. The van der Waals surface area contributed by atoms with Gasteiger partial charge in [0, 0.05) is 6.54 Å². The smallest absolute Gasteiger partial charge is 0.465 e. The van der Waals surface area contributed by atoms with Gasteiger partial charge in [-0.2, -0.15) is 5.26 Å². The Balaban J connectivity index is 1.37. The number of hydrogen-bond acceptors (Lipinski definition) is 5. The Morgan fingerprint density at radius 3 is 2.44 bits per heavy atom. The average Bonchev–Trinajstić information content (AvgIpc) is 3.56. The first-order valence-corrected chi connectivity index (χ1v) is 12.1. The molecule has 1 unspecified atom stereocenters. The molecule has 0 radical (unpaired) electrons. The van der Waals surface area contributed by atoms with Gasteiger partial charge in [0.05, 0.1) is 40.8 Å². The standard InChI is InChI=1S/C27H29BN4O4/c1-26(2)27(3,4)36-28(35-26)20-11-12-21(19(14-20)15-29)17-7-9-18(10-8-17)22-16-30-24(31-22)23-6-5-13-32(23)25(33)34/h7-12,14,16,23H,5-6,13H2,1-4H3,(H,30,31)(H,33,34). The molecule has 2 aliphatic heterocycles. The highest BCUT2D eigenvalue weighted by atomic mass is 16.7. The molecule has 5 rings (SSSR count). The molecule has 0 spiro atoms. The van der Waals surface area contributed by atoms with E-state index in [-0.39, 0.29) is 6.04 Å². The first-order valence-electron chi connectivity index (χ1n) is 12.1. The van der Waals surface area contributed by atoms with E-state index in [1.54, 1.807) is 6.20 Å². The van der Waals surface area contributed by atoms with Gasteiger partial charge in [0.25, 0.3) is 0 Å². The lowest BCUT2D eigenvalue weighted by atomic mass is 9.77. The Kier molecular flexibility index (Phi) is 5.90. The summed E-state index contributed by atoms with van der Waals surface area (Å²) in [5, 5.41) is 19.3. The number of carboxylic acid groups (broad SMARTS) is 1. The second-order valence-corrected chi connectivity index (χ2v) is 10.4. The number of aromatic amines is 1. The van der Waals surface area contributed by atoms with Crippen LogP contribution in [0.4, 0.5) is 4.79 Å². The fraction of sp³-hybridized carbons (Fsp3) is 0.370. The highest BCUT2D eigenvalue weighted by molar-refractivity contribution is 6.62. The van der Waals surface area contributed by atoms with E-state index in [1.165, 1.54) is 4.90 Å². The van der Waals surface area contributed by atoms with Gasteiger partial charge >= 0.3 is 13.2 Å². The maximum absolute atomic E-state index is 11.5. The van der Waals surface area contributed by atoms with Crippen LogP contribution < -0.4 is 5.46 Å². The molecule has 2 fully saturated rings. The number of imidazole rings is 1. The van der Waals surface area contributed by atoms with Gasteiger partial charge in [0.1, 0.15) is 5.82 Å². The summed E-state index contributed by atoms with van der Waals surface area (Å²) in [4.78, 5) is 20.7. The predicted octanol–water partition coefficient (Wildman–Crippen LogP) is 4.73. The molecule has 3 heterocycles. The highest BCUT2D eigenvalue weighted by Crippen LogP contribution is 2.37. The zero-order valence-electron chi connectivity index (χ0n) is 20.9. The van der Waals surface area contributed by atoms with Crippen molar-refractivity contribution in [1.82, 2.24) is 14.9 Å². The normalized spacial score (nSPS) is 20.5. The van der Waals surface area contributed by atoms with Crippen LogP contribution in [0, 0.1) is 11.3 Å². The molecule has 8 nitrogen and oxygen atoms in total. The number of nitrogens with zero attached hydrogens (tertiary/aromatic N) is 3. The zero-order valence-corrected chi connectivity index (χ0v) is 20.9. The van der Waals surface area contributed by atoms with Gasteiger partial charge in [-0.1, -0.05) is 36.4 Å². The van der Waals surface area contributed by atoms with Crippen molar-refractivity contribution >= 4 is 18.7 Å². The maximum atomic E-state index is 11.5. The molecule has 2 saturated heterocycles. The molecular weight excluding hydrogens is 455 g/mol. The van der Waals surface area contributed by atoms with E-state index in [0.29, 0.717) is 17.9 Å². The molecule has 0 aliphatic carbocycles. The van der Waals surface area contributed by atoms with Crippen molar-refractivity contribution in [2.75, 3.05) is 6.54 Å². The quantitative estimate of drug-likeness (QED) is 0.518. The van der Waals surface area contributed by atoms with E-state index in [2.05, 4.69) is 16.0 Å². The van der Waals surface area contributed by atoms with Crippen molar-refractivity contribution < 1.29 is 19.2 Å². The number of benzene rings is 2. The molecule has 0 saturated carbocycles. The van der Waals surface area contributed by atoms with E-state index < -0.39 is 24.4 Å². The van der Waals surface area contributed by atoms with E-state index in [9.17, 15) is 15.2 Å². The molecule has 1 aromatic heterocycles. The second-order valence-electron chi connectivity index (χ2n) is 10.4. The summed E-state index contributed by atoms with van der Waals surface area (Å²) in [7, 11) is -0.523. The van der Waals surface area contributed by atoms with E-state index >= 15 is 0 Å². The van der Waals surface area contributed by atoms with E-state index in [0.717, 1.165) is 40.7 Å². The minimum Gasteiger partial charge on any atom is -0.465 e. The summed E-state index contributed by atoms with van der Waals surface area (Å²) in [6, 6.07) is 15.7. The summed E-state index contributed by atoms with van der Waals surface area (Å²) in [5.74, 6) is 0.666. The first kappa shape index (κ1) is 24.1. The molecule has 2 aromatic carbocycles. The lowest BCUT2D eigenvalue weighted by molar-refractivity contribution is 0.00578. The van der Waals surface area contributed by atoms with E-state index in [1.807, 2.05) is 70.2 Å². The van der Waals surface area contributed by atoms with Crippen LogP contribution in [-0.4, -0.2) is 50.9 Å². The summed E-state index contributed by atoms with van der Waals surface area (Å²) >= 11 is 0. The topological polar surface area (TPSA) is 111 Å². The number of rotatable bonds is 4. The Morgan fingerprint density at radius 2 is 1.81 bits per heavy atom. The number of nitriles is 1. The Hall–Kier alpha value is -3.61. The summed E-state index contributed by atoms with van der Waals surface area (Å²) in [6.45, 7) is 8.55. The van der Waals surface area contributed by atoms with Crippen LogP contribution in [0.1, 0.15) is 58.0 Å². The number of carbonyl (C=O) groups is 1. The molecule has 0 bridgehead atoms. The number of H-pyrrole nitrogens is 1. The third-order valence-electron chi connectivity index (χ3n) is 7.61. The lowest BCUT2D eigenvalue weighted by Gasteiger charge is -2.32. The monoisotopic (exact) mass is 484 g/mol. The molecule has 1 atom stereocenters. The fourth-order valence-corrected chi connectivity index (χ4v) is 4.79. The zero-order chi connectivity index (χ0) is 25.7. The van der Waals surface area contributed by atoms with Crippen LogP contribution >= 0.6 is 0 Å². The van der Waals surface area contributed by atoms with Crippen molar-refractivity contribution in [1.29, 1.82) is 5.26 Å². The second kappa shape index (κ2) is 8.80. The number of nitrogens with one attached hydrogen (secondary N) is 1. The minimum absolute atomic E-state index is 0.240. The summed E-state index contributed by atoms with van der Waals surface area (Å²) in [5.41, 5.74) is 3.98. The van der Waals surface area contributed by atoms with Crippen LogP contribution in [0.15, 0.2) is 48.7 Å². The maximum Gasteiger partial charge on any atom is 0.494 e. The Bertz CT molecular complexity index is 1330. The number of amides is 1. The van der Waals surface area contributed by atoms with Crippen molar-refractivity contribution in [2.45, 2.75) is 57.8 Å². The van der Waals surface area contributed by atoms with Gasteiger partial charge in [-0.25, -0.2) is 9.78 Å². The lowest BCUT2D eigenvalue weighted by Crippen LogP contribution is -2.41. The largest absolute Gasteiger partial charge is 0.494 e. The van der Waals surface area contributed by atoms with Crippen molar-refractivity contribution in [3.8, 4) is 28.5 Å². The highest BCUT2D eigenvalue weighted by Gasteiger charge is 2.51. The molecule has 2 N–H and O–H groups in total. The Morgan fingerprint density at radius 1 is 1.14 bits per heavy atom. The van der Waals surface area contributed by atoms with Gasteiger partial charge in [-0.05, 0) is 68.8 Å². The third-order valence-corrected chi connectivity index (χ3v) is 7.61. The molecule has 36 heavy (non-hydrogen) atoms. The third kappa shape index (κ3) is 4.17. The molecule has 1 amide bonds. The SMILES string of the molecule is CC1(C)OB(c2ccc(-c3ccc(-c4cnc(C5CCCN5C(=O)O)[nH]4)cc3)c(C#N)c2)OC1(C)C. The van der Waals surface area contributed by atoms with Crippen molar-refractivity contribution in [3.05, 3.63) is 60.0 Å². The van der Waals surface area contributed by atoms with Gasteiger partial charge in [-0.15, -0.1) is 0 Å². The summed E-state index contributed by atoms with van der Waals surface area (Å²) in [6.07, 6.45) is 2.41. The van der Waals surface area contributed by atoms with E-state index in [4.69, 9.17) is 9.31 Å². The van der Waals surface area contributed by atoms with Crippen LogP contribution in [0.3, 0.4) is 0 Å². The number of hydrogen-bond donors (Lipinski definition) is 2. The van der Waals surface area contributed by atoms with Gasteiger partial charge < -0.3 is 19.4 Å². The predicted molar refractivity (Wildman–Crippen MR) is 137 cm³/mol. The van der Waals surface area contributed by atoms with Crippen LogP contribution in [0.2, 0.25) is 0 Å². The molecule has 9 heteroatoms.